The summed E-state index contributed by atoms with van der Waals surface area (Å²) in [5, 5.41) is 14.8. The van der Waals surface area contributed by atoms with Gasteiger partial charge in [-0.05, 0) is 78.2 Å². The summed E-state index contributed by atoms with van der Waals surface area (Å²) in [6.07, 6.45) is 3.48. The number of methoxy groups -OCH3 is 1. The second kappa shape index (κ2) is 13.4. The fourth-order valence-electron chi connectivity index (χ4n) is 5.25. The molecule has 0 saturated carbocycles. The number of benzene rings is 4. The number of halogens is 1. The normalized spacial score (nSPS) is 14.0. The average molecular weight is 625 g/mol. The van der Waals surface area contributed by atoms with Crippen LogP contribution in [0.5, 0.6) is 11.5 Å². The number of amides is 2. The van der Waals surface area contributed by atoms with Gasteiger partial charge in [-0.2, -0.15) is 10.4 Å². The zero-order valence-electron chi connectivity index (χ0n) is 25.7. The van der Waals surface area contributed by atoms with Crippen molar-refractivity contribution in [3.05, 3.63) is 149 Å². The van der Waals surface area contributed by atoms with Gasteiger partial charge in [0.2, 0.25) is 0 Å². The second-order valence-corrected chi connectivity index (χ2v) is 10.9. The van der Waals surface area contributed by atoms with Gasteiger partial charge < -0.3 is 9.47 Å². The highest BCUT2D eigenvalue weighted by Crippen LogP contribution is 2.33. The Morgan fingerprint density at radius 2 is 1.60 bits per heavy atom. The highest BCUT2D eigenvalue weighted by molar-refractivity contribution is 6.19. The third kappa shape index (κ3) is 6.58. The van der Waals surface area contributed by atoms with Crippen LogP contribution in [0.3, 0.4) is 0 Å². The van der Waals surface area contributed by atoms with Gasteiger partial charge in [-0.15, -0.1) is 0 Å². The first-order chi connectivity index (χ1) is 22.8. The third-order valence-electron chi connectivity index (χ3n) is 7.81. The monoisotopic (exact) mass is 624 g/mol. The lowest BCUT2D eigenvalue weighted by Gasteiger charge is -2.27. The molecule has 0 unspecified atom stereocenters. The molecule has 47 heavy (non-hydrogen) atoms. The number of hydrogen-bond donors (Lipinski definition) is 0. The summed E-state index contributed by atoms with van der Waals surface area (Å²) in [6.45, 7) is 1.84. The van der Waals surface area contributed by atoms with Crippen molar-refractivity contribution in [2.45, 2.75) is 20.1 Å². The molecule has 0 atom stereocenters. The van der Waals surface area contributed by atoms with Crippen molar-refractivity contribution in [2.75, 3.05) is 7.11 Å². The molecular formula is C38H29FN4O4. The van der Waals surface area contributed by atoms with Crippen molar-refractivity contribution in [1.82, 2.24) is 14.7 Å². The van der Waals surface area contributed by atoms with Crippen LogP contribution in [0.15, 0.2) is 126 Å². The van der Waals surface area contributed by atoms with Gasteiger partial charge in [0.15, 0.2) is 0 Å². The summed E-state index contributed by atoms with van der Waals surface area (Å²) in [4.78, 5) is 28.4. The van der Waals surface area contributed by atoms with E-state index in [9.17, 15) is 19.2 Å². The molecule has 2 heterocycles. The summed E-state index contributed by atoms with van der Waals surface area (Å²) in [5.41, 5.74) is 4.62. The number of rotatable bonds is 9. The molecule has 0 bridgehead atoms. The van der Waals surface area contributed by atoms with Gasteiger partial charge in [-0.1, -0.05) is 54.6 Å². The molecule has 6 rings (SSSR count). The first-order valence-corrected chi connectivity index (χ1v) is 14.8. The maximum atomic E-state index is 14.0. The van der Waals surface area contributed by atoms with Crippen LogP contribution in [0, 0.1) is 17.1 Å². The van der Waals surface area contributed by atoms with E-state index in [1.54, 1.807) is 67.4 Å². The molecule has 0 N–H and O–H groups in total. The second-order valence-electron chi connectivity index (χ2n) is 10.9. The van der Waals surface area contributed by atoms with E-state index < -0.39 is 11.8 Å². The minimum atomic E-state index is -0.644. The SMILES string of the molecule is COc1ccc(CN2C(=O)C(C#N)=C(C)/C(=C\c3cn(-c4ccccc4)nc3-c3cccc(OCc4ccc(F)cc4)c3)C2=O)cc1. The van der Waals surface area contributed by atoms with Crippen LogP contribution in [0.4, 0.5) is 4.39 Å². The predicted molar refractivity (Wildman–Crippen MR) is 175 cm³/mol. The number of nitriles is 1. The number of carbonyl (C=O) groups is 2. The van der Waals surface area contributed by atoms with E-state index in [4.69, 9.17) is 14.6 Å². The van der Waals surface area contributed by atoms with Crippen molar-refractivity contribution in [3.63, 3.8) is 0 Å². The molecule has 0 fully saturated rings. The van der Waals surface area contributed by atoms with Crippen LogP contribution in [0.2, 0.25) is 0 Å². The first-order valence-electron chi connectivity index (χ1n) is 14.8. The maximum Gasteiger partial charge on any atom is 0.271 e. The Bertz CT molecular complexity index is 2060. The Morgan fingerprint density at radius 3 is 2.30 bits per heavy atom. The van der Waals surface area contributed by atoms with Crippen LogP contribution in [0.25, 0.3) is 23.0 Å². The minimum absolute atomic E-state index is 0.0129. The third-order valence-corrected chi connectivity index (χ3v) is 7.81. The van der Waals surface area contributed by atoms with E-state index in [0.29, 0.717) is 33.9 Å². The van der Waals surface area contributed by atoms with Gasteiger partial charge in [0.1, 0.15) is 41.3 Å². The smallest absolute Gasteiger partial charge is 0.271 e. The van der Waals surface area contributed by atoms with Gasteiger partial charge in [0, 0.05) is 22.9 Å². The maximum absolute atomic E-state index is 14.0. The van der Waals surface area contributed by atoms with Crippen molar-refractivity contribution in [2.24, 2.45) is 0 Å². The summed E-state index contributed by atoms with van der Waals surface area (Å²) in [5.74, 6) is -0.256. The highest BCUT2D eigenvalue weighted by Gasteiger charge is 2.35. The molecule has 0 saturated heterocycles. The number of ether oxygens (including phenoxy) is 2. The van der Waals surface area contributed by atoms with E-state index in [2.05, 4.69) is 0 Å². The van der Waals surface area contributed by atoms with Crippen molar-refractivity contribution in [3.8, 4) is 34.5 Å². The molecule has 9 heteroatoms. The van der Waals surface area contributed by atoms with Gasteiger partial charge in [-0.25, -0.2) is 9.07 Å². The molecule has 0 spiro atoms. The topological polar surface area (TPSA) is 97.5 Å². The van der Waals surface area contributed by atoms with Crippen molar-refractivity contribution in [1.29, 1.82) is 5.26 Å². The number of para-hydroxylation sites is 1. The summed E-state index contributed by atoms with van der Waals surface area (Å²) in [6, 6.07) is 32.1. The van der Waals surface area contributed by atoms with Crippen molar-refractivity contribution >= 4 is 17.9 Å². The van der Waals surface area contributed by atoms with Gasteiger partial charge >= 0.3 is 0 Å². The molecule has 1 aliphatic heterocycles. The Morgan fingerprint density at radius 1 is 0.872 bits per heavy atom. The lowest BCUT2D eigenvalue weighted by Crippen LogP contribution is -2.42. The molecule has 0 aliphatic carbocycles. The van der Waals surface area contributed by atoms with E-state index in [1.807, 2.05) is 60.7 Å². The number of hydrogen-bond acceptors (Lipinski definition) is 6. The van der Waals surface area contributed by atoms with E-state index in [1.165, 1.54) is 12.1 Å². The Balaban J connectivity index is 1.40. The summed E-state index contributed by atoms with van der Waals surface area (Å²) in [7, 11) is 1.56. The first kappa shape index (κ1) is 30.7. The fraction of sp³-hybridized carbons (Fsp3) is 0.105. The highest BCUT2D eigenvalue weighted by atomic mass is 19.1. The molecule has 0 radical (unpaired) electrons. The predicted octanol–water partition coefficient (Wildman–Crippen LogP) is 7.06. The molecule has 1 aliphatic rings. The molecule has 4 aromatic carbocycles. The lowest BCUT2D eigenvalue weighted by atomic mass is 9.93. The summed E-state index contributed by atoms with van der Waals surface area (Å²) < 4.78 is 26.3. The number of carbonyl (C=O) groups excluding carboxylic acids is 2. The minimum Gasteiger partial charge on any atom is -0.497 e. The zero-order valence-corrected chi connectivity index (χ0v) is 25.7. The van der Waals surface area contributed by atoms with Crippen LogP contribution >= 0.6 is 0 Å². The molecule has 1 aromatic heterocycles. The average Bonchev–Trinajstić information content (AvgIpc) is 3.53. The summed E-state index contributed by atoms with van der Waals surface area (Å²) >= 11 is 0. The molecule has 8 nitrogen and oxygen atoms in total. The van der Waals surface area contributed by atoms with Gasteiger partial charge in [-0.3, -0.25) is 14.5 Å². The number of nitrogens with zero attached hydrogens (tertiary/aromatic N) is 4. The van der Waals surface area contributed by atoms with E-state index in [0.717, 1.165) is 21.7 Å². The van der Waals surface area contributed by atoms with Crippen molar-refractivity contribution < 1.29 is 23.5 Å². The lowest BCUT2D eigenvalue weighted by molar-refractivity contribution is -0.141. The fourth-order valence-corrected chi connectivity index (χ4v) is 5.25. The number of aromatic nitrogens is 2. The zero-order chi connectivity index (χ0) is 32.9. The molecule has 2 amide bonds. The molecule has 5 aromatic rings. The largest absolute Gasteiger partial charge is 0.497 e. The Labute approximate surface area is 271 Å². The standard InChI is InChI=1S/C38H29FN4O4/c1-25-34(37(44)42(38(45)35(25)21-40)22-26-13-17-32(46-2)18-14-26)20-29-23-43(31-8-4-3-5-9-31)41-36(29)28-7-6-10-33(19-28)47-24-27-11-15-30(39)16-12-27/h3-20,23H,22,24H2,1-2H3/b34-20+. The Kier molecular flexibility index (Phi) is 8.75. The van der Waals surface area contributed by atoms with E-state index in [-0.39, 0.29) is 30.1 Å². The number of imide groups is 1. The van der Waals surface area contributed by atoms with Crippen LogP contribution in [0.1, 0.15) is 23.6 Å². The van der Waals surface area contributed by atoms with Gasteiger partial charge in [0.25, 0.3) is 11.8 Å². The molecular weight excluding hydrogens is 595 g/mol. The quantitative estimate of drug-likeness (QED) is 0.129. The van der Waals surface area contributed by atoms with E-state index >= 15 is 0 Å². The van der Waals surface area contributed by atoms with Crippen LogP contribution < -0.4 is 9.47 Å². The van der Waals surface area contributed by atoms with Crippen LogP contribution in [-0.4, -0.2) is 33.6 Å². The molecule has 232 valence electrons. The Hall–Kier alpha value is -6.27. The van der Waals surface area contributed by atoms with Gasteiger partial charge in [0.05, 0.1) is 19.3 Å². The van der Waals surface area contributed by atoms with Crippen LogP contribution in [-0.2, 0) is 22.7 Å².